The Morgan fingerprint density at radius 3 is 3.00 bits per heavy atom. The lowest BCUT2D eigenvalue weighted by atomic mass is 9.98. The number of rotatable bonds is 1. The van der Waals surface area contributed by atoms with Gasteiger partial charge in [-0.15, -0.1) is 0 Å². The van der Waals surface area contributed by atoms with Gasteiger partial charge in [-0.1, -0.05) is 24.3 Å². The van der Waals surface area contributed by atoms with Crippen LogP contribution in [0.3, 0.4) is 0 Å². The molecule has 0 fully saturated rings. The summed E-state index contributed by atoms with van der Waals surface area (Å²) in [6.45, 7) is 0. The maximum atomic E-state index is 11.2. The van der Waals surface area contributed by atoms with Crippen LogP contribution in [0.25, 0.3) is 0 Å². The van der Waals surface area contributed by atoms with Crippen molar-refractivity contribution in [2.45, 2.75) is 12.6 Å². The van der Waals surface area contributed by atoms with Gasteiger partial charge in [0.2, 0.25) is 12.0 Å². The summed E-state index contributed by atoms with van der Waals surface area (Å²) >= 11 is 0. The maximum absolute atomic E-state index is 11.2. The standard InChI is InChI=1S/C10H8N2O2/c13-6-11-10-8-4-2-1-3-7(8)5-9(14)12-10/h1-4,10H,5H2,(H,12,14). The Balaban J connectivity index is 2.47. The molecule has 1 aromatic carbocycles. The van der Waals surface area contributed by atoms with Crippen molar-refractivity contribution in [3.63, 3.8) is 0 Å². The van der Waals surface area contributed by atoms with Crippen molar-refractivity contribution in [1.82, 2.24) is 5.32 Å². The van der Waals surface area contributed by atoms with E-state index in [1.54, 1.807) is 0 Å². The van der Waals surface area contributed by atoms with E-state index in [1.165, 1.54) is 6.08 Å². The molecule has 0 radical (unpaired) electrons. The molecule has 1 N–H and O–H groups in total. The predicted molar refractivity (Wildman–Crippen MR) is 49.2 cm³/mol. The molecule has 0 aliphatic carbocycles. The number of nitrogens with one attached hydrogen (secondary N) is 1. The Morgan fingerprint density at radius 1 is 1.43 bits per heavy atom. The summed E-state index contributed by atoms with van der Waals surface area (Å²) in [5.74, 6) is -0.118. The van der Waals surface area contributed by atoms with Gasteiger partial charge in [0.05, 0.1) is 6.42 Å². The lowest BCUT2D eigenvalue weighted by molar-refractivity contribution is -0.121. The molecule has 1 aliphatic rings. The first kappa shape index (κ1) is 8.66. The fraction of sp³-hybridized carbons (Fsp3) is 0.200. The predicted octanol–water partition coefficient (Wildman–Crippen LogP) is 0.693. The Hall–Kier alpha value is -1.93. The van der Waals surface area contributed by atoms with Crippen LogP contribution < -0.4 is 5.32 Å². The van der Waals surface area contributed by atoms with Crippen LogP contribution in [0, 0.1) is 0 Å². The van der Waals surface area contributed by atoms with Gasteiger partial charge in [-0.05, 0) is 5.56 Å². The molecule has 2 rings (SSSR count). The van der Waals surface area contributed by atoms with Crippen LogP contribution in [0.15, 0.2) is 29.3 Å². The number of hydrogen-bond acceptors (Lipinski definition) is 3. The van der Waals surface area contributed by atoms with Crippen LogP contribution in [-0.4, -0.2) is 12.0 Å². The molecular weight excluding hydrogens is 180 g/mol. The van der Waals surface area contributed by atoms with Gasteiger partial charge in [-0.2, -0.15) is 4.99 Å². The van der Waals surface area contributed by atoms with E-state index >= 15 is 0 Å². The SMILES string of the molecule is O=C=NC1NC(=O)Cc2ccccc21. The third-order valence-electron chi connectivity index (χ3n) is 2.18. The fourth-order valence-corrected chi connectivity index (χ4v) is 1.57. The zero-order valence-corrected chi connectivity index (χ0v) is 7.36. The molecule has 0 saturated heterocycles. The third-order valence-corrected chi connectivity index (χ3v) is 2.18. The first-order valence-electron chi connectivity index (χ1n) is 4.25. The van der Waals surface area contributed by atoms with E-state index in [0.717, 1.165) is 11.1 Å². The summed E-state index contributed by atoms with van der Waals surface area (Å²) in [5.41, 5.74) is 1.79. The van der Waals surface area contributed by atoms with Crippen molar-refractivity contribution in [3.05, 3.63) is 35.4 Å². The molecule has 1 heterocycles. The Kier molecular flexibility index (Phi) is 2.13. The van der Waals surface area contributed by atoms with Gasteiger partial charge in [0.25, 0.3) is 0 Å². The number of nitrogens with zero attached hydrogens (tertiary/aromatic N) is 1. The minimum absolute atomic E-state index is 0.118. The van der Waals surface area contributed by atoms with Gasteiger partial charge in [-0.25, -0.2) is 4.79 Å². The number of benzene rings is 1. The van der Waals surface area contributed by atoms with Crippen LogP contribution in [0.5, 0.6) is 0 Å². The minimum atomic E-state index is -0.565. The summed E-state index contributed by atoms with van der Waals surface area (Å²) < 4.78 is 0. The van der Waals surface area contributed by atoms with Gasteiger partial charge < -0.3 is 5.32 Å². The number of carbonyl (C=O) groups excluding carboxylic acids is 2. The first-order valence-corrected chi connectivity index (χ1v) is 4.25. The Morgan fingerprint density at radius 2 is 2.21 bits per heavy atom. The summed E-state index contributed by atoms with van der Waals surface area (Å²) in [5, 5.41) is 2.61. The van der Waals surface area contributed by atoms with E-state index in [9.17, 15) is 9.59 Å². The zero-order valence-electron chi connectivity index (χ0n) is 7.36. The number of isocyanates is 1. The number of carbonyl (C=O) groups is 1. The van der Waals surface area contributed by atoms with Gasteiger partial charge in [0.15, 0.2) is 6.17 Å². The topological polar surface area (TPSA) is 58.5 Å². The van der Waals surface area contributed by atoms with Crippen LogP contribution >= 0.6 is 0 Å². The van der Waals surface area contributed by atoms with E-state index in [4.69, 9.17) is 0 Å². The second kappa shape index (κ2) is 3.44. The van der Waals surface area contributed by atoms with E-state index < -0.39 is 6.17 Å². The summed E-state index contributed by atoms with van der Waals surface area (Å²) in [7, 11) is 0. The summed E-state index contributed by atoms with van der Waals surface area (Å²) in [6.07, 6.45) is 1.24. The molecule has 1 amide bonds. The minimum Gasteiger partial charge on any atom is -0.330 e. The van der Waals surface area contributed by atoms with Gasteiger partial charge in [0.1, 0.15) is 0 Å². The quantitative estimate of drug-likeness (QED) is 0.520. The van der Waals surface area contributed by atoms with Crippen molar-refractivity contribution >= 4 is 12.0 Å². The largest absolute Gasteiger partial charge is 0.330 e. The molecule has 0 aromatic heterocycles. The number of amides is 1. The highest BCUT2D eigenvalue weighted by Gasteiger charge is 2.22. The lowest BCUT2D eigenvalue weighted by Gasteiger charge is -2.21. The van der Waals surface area contributed by atoms with Crippen molar-refractivity contribution in [2.75, 3.05) is 0 Å². The average molecular weight is 188 g/mol. The molecule has 0 bridgehead atoms. The van der Waals surface area contributed by atoms with E-state index in [1.807, 2.05) is 24.3 Å². The molecule has 1 aromatic rings. The van der Waals surface area contributed by atoms with Gasteiger partial charge in [0, 0.05) is 5.56 Å². The molecule has 4 nitrogen and oxygen atoms in total. The number of fused-ring (bicyclic) bond motifs is 1. The highest BCUT2D eigenvalue weighted by molar-refractivity contribution is 5.81. The summed E-state index contributed by atoms with van der Waals surface area (Å²) in [6, 6.07) is 7.42. The lowest BCUT2D eigenvalue weighted by Crippen LogP contribution is -2.34. The maximum Gasteiger partial charge on any atom is 0.237 e. The van der Waals surface area contributed by atoms with Gasteiger partial charge in [-0.3, -0.25) is 4.79 Å². The average Bonchev–Trinajstić information content (AvgIpc) is 2.18. The molecular formula is C10H8N2O2. The van der Waals surface area contributed by atoms with E-state index in [0.29, 0.717) is 6.42 Å². The Labute approximate surface area is 80.7 Å². The molecule has 1 unspecified atom stereocenters. The zero-order chi connectivity index (χ0) is 9.97. The molecule has 0 saturated carbocycles. The fourth-order valence-electron chi connectivity index (χ4n) is 1.57. The van der Waals surface area contributed by atoms with E-state index in [2.05, 4.69) is 10.3 Å². The van der Waals surface area contributed by atoms with Crippen LogP contribution in [0.4, 0.5) is 0 Å². The van der Waals surface area contributed by atoms with Crippen molar-refractivity contribution in [1.29, 1.82) is 0 Å². The molecule has 1 atom stereocenters. The molecule has 0 spiro atoms. The number of hydrogen-bond donors (Lipinski definition) is 1. The van der Waals surface area contributed by atoms with Crippen LogP contribution in [-0.2, 0) is 16.0 Å². The molecule has 70 valence electrons. The van der Waals surface area contributed by atoms with E-state index in [-0.39, 0.29) is 5.91 Å². The number of aliphatic imine (C=N–C) groups is 1. The monoisotopic (exact) mass is 188 g/mol. The molecule has 4 heteroatoms. The first-order chi connectivity index (χ1) is 6.81. The van der Waals surface area contributed by atoms with Crippen molar-refractivity contribution < 1.29 is 9.59 Å². The van der Waals surface area contributed by atoms with Crippen LogP contribution in [0.1, 0.15) is 17.3 Å². The molecule has 14 heavy (non-hydrogen) atoms. The van der Waals surface area contributed by atoms with Crippen molar-refractivity contribution in [2.24, 2.45) is 4.99 Å². The third kappa shape index (κ3) is 1.43. The smallest absolute Gasteiger partial charge is 0.237 e. The summed E-state index contributed by atoms with van der Waals surface area (Å²) in [4.78, 5) is 24.9. The second-order valence-corrected chi connectivity index (χ2v) is 3.07. The normalized spacial score (nSPS) is 19.1. The van der Waals surface area contributed by atoms with Crippen molar-refractivity contribution in [3.8, 4) is 0 Å². The van der Waals surface area contributed by atoms with Gasteiger partial charge >= 0.3 is 0 Å². The second-order valence-electron chi connectivity index (χ2n) is 3.07. The molecule has 1 aliphatic heterocycles. The highest BCUT2D eigenvalue weighted by Crippen LogP contribution is 2.23. The Bertz CT molecular complexity index is 422. The highest BCUT2D eigenvalue weighted by atomic mass is 16.2. The van der Waals surface area contributed by atoms with Crippen LogP contribution in [0.2, 0.25) is 0 Å².